The summed E-state index contributed by atoms with van der Waals surface area (Å²) in [5.74, 6) is 0.748. The molecule has 0 radical (unpaired) electrons. The van der Waals surface area contributed by atoms with E-state index in [1.54, 1.807) is 0 Å². The van der Waals surface area contributed by atoms with Crippen LogP contribution in [0.15, 0.2) is 24.5 Å². The van der Waals surface area contributed by atoms with Crippen LogP contribution in [0.25, 0.3) is 22.2 Å². The summed E-state index contributed by atoms with van der Waals surface area (Å²) in [7, 11) is 0. The minimum Gasteiger partial charge on any atom is -0.395 e. The minimum absolute atomic E-state index is 0.0760. The number of aliphatic hydroxyl groups is 1. The van der Waals surface area contributed by atoms with E-state index in [-0.39, 0.29) is 6.61 Å². The summed E-state index contributed by atoms with van der Waals surface area (Å²) < 4.78 is 1.93. The Balaban J connectivity index is 2.14. The molecule has 0 atom stereocenters. The third kappa shape index (κ3) is 2.50. The normalized spacial score (nSPS) is 11.2. The molecule has 0 saturated carbocycles. The number of aliphatic hydroxyl groups excluding tert-OH is 1. The van der Waals surface area contributed by atoms with Crippen LogP contribution in [0.3, 0.4) is 0 Å². The van der Waals surface area contributed by atoms with E-state index in [4.69, 9.17) is 5.11 Å². The Labute approximate surface area is 122 Å². The van der Waals surface area contributed by atoms with E-state index in [9.17, 15) is 0 Å². The maximum absolute atomic E-state index is 8.96. The van der Waals surface area contributed by atoms with Gasteiger partial charge in [0.05, 0.1) is 12.3 Å². The first-order valence-electron chi connectivity index (χ1n) is 7.10. The van der Waals surface area contributed by atoms with Gasteiger partial charge in [-0.2, -0.15) is 5.10 Å². The summed E-state index contributed by atoms with van der Waals surface area (Å²) in [6, 6.07) is 4.03. The molecule has 0 spiro atoms. The molecular formula is C15H19N5O. The summed E-state index contributed by atoms with van der Waals surface area (Å²) in [5, 5.41) is 17.7. The van der Waals surface area contributed by atoms with Gasteiger partial charge >= 0.3 is 0 Å². The predicted molar refractivity (Wildman–Crippen MR) is 83.3 cm³/mol. The van der Waals surface area contributed by atoms with Crippen LogP contribution in [0.1, 0.15) is 12.6 Å². The number of nitrogens with zero attached hydrogens (tertiary/aromatic N) is 3. The SMILES string of the molecule is CCn1cc(-c2cc(NCCO)nc3[nH]ccc23)c(C)n1. The van der Waals surface area contributed by atoms with Gasteiger partial charge in [0, 0.05) is 36.4 Å². The molecule has 3 aromatic heterocycles. The summed E-state index contributed by atoms with van der Waals surface area (Å²) in [5.41, 5.74) is 4.03. The molecule has 0 unspecified atom stereocenters. The van der Waals surface area contributed by atoms with E-state index in [0.29, 0.717) is 6.54 Å². The van der Waals surface area contributed by atoms with E-state index in [2.05, 4.69) is 33.5 Å². The molecule has 21 heavy (non-hydrogen) atoms. The lowest BCUT2D eigenvalue weighted by atomic mass is 10.0. The van der Waals surface area contributed by atoms with E-state index < -0.39 is 0 Å². The van der Waals surface area contributed by atoms with Crippen molar-refractivity contribution in [3.8, 4) is 11.1 Å². The number of hydrogen-bond donors (Lipinski definition) is 3. The average molecular weight is 285 g/mol. The van der Waals surface area contributed by atoms with Crippen molar-refractivity contribution in [2.24, 2.45) is 0 Å². The topological polar surface area (TPSA) is 78.8 Å². The molecule has 6 nitrogen and oxygen atoms in total. The second-order valence-corrected chi connectivity index (χ2v) is 4.93. The molecule has 0 aromatic carbocycles. The number of nitrogens with one attached hydrogen (secondary N) is 2. The van der Waals surface area contributed by atoms with Gasteiger partial charge in [0.15, 0.2) is 0 Å². The number of rotatable bonds is 5. The van der Waals surface area contributed by atoms with Crippen molar-refractivity contribution in [1.82, 2.24) is 19.7 Å². The van der Waals surface area contributed by atoms with Gasteiger partial charge in [-0.25, -0.2) is 4.98 Å². The Bertz CT molecular complexity index is 759. The molecule has 0 fully saturated rings. The molecule has 0 amide bonds. The fourth-order valence-electron chi connectivity index (χ4n) is 2.48. The highest BCUT2D eigenvalue weighted by molar-refractivity contribution is 5.95. The highest BCUT2D eigenvalue weighted by Gasteiger charge is 2.13. The number of hydrogen-bond acceptors (Lipinski definition) is 4. The van der Waals surface area contributed by atoms with Gasteiger partial charge in [-0.15, -0.1) is 0 Å². The molecule has 0 bridgehead atoms. The van der Waals surface area contributed by atoms with Gasteiger partial charge in [0.1, 0.15) is 11.5 Å². The van der Waals surface area contributed by atoms with Gasteiger partial charge in [0.2, 0.25) is 0 Å². The summed E-state index contributed by atoms with van der Waals surface area (Å²) in [4.78, 5) is 7.66. The lowest BCUT2D eigenvalue weighted by Gasteiger charge is -2.08. The molecule has 6 heteroatoms. The first-order chi connectivity index (χ1) is 10.2. The molecule has 0 aliphatic rings. The first-order valence-corrected chi connectivity index (χ1v) is 7.10. The van der Waals surface area contributed by atoms with Crippen molar-refractivity contribution in [2.45, 2.75) is 20.4 Å². The van der Waals surface area contributed by atoms with E-state index in [1.165, 1.54) is 0 Å². The van der Waals surface area contributed by atoms with E-state index in [0.717, 1.165) is 40.2 Å². The lowest BCUT2D eigenvalue weighted by molar-refractivity contribution is 0.311. The number of aryl methyl sites for hydroxylation is 2. The molecule has 110 valence electrons. The van der Waals surface area contributed by atoms with Gasteiger partial charge in [0.25, 0.3) is 0 Å². The second kappa shape index (κ2) is 5.57. The van der Waals surface area contributed by atoms with E-state index in [1.807, 2.05) is 29.9 Å². The molecule has 0 aliphatic carbocycles. The number of fused-ring (bicyclic) bond motifs is 1. The van der Waals surface area contributed by atoms with Crippen molar-refractivity contribution in [2.75, 3.05) is 18.5 Å². The largest absolute Gasteiger partial charge is 0.395 e. The maximum atomic E-state index is 8.96. The zero-order chi connectivity index (χ0) is 14.8. The first kappa shape index (κ1) is 13.6. The smallest absolute Gasteiger partial charge is 0.140 e. The highest BCUT2D eigenvalue weighted by Crippen LogP contribution is 2.31. The number of aromatic amines is 1. The molecule has 3 heterocycles. The van der Waals surface area contributed by atoms with Crippen LogP contribution in [0.5, 0.6) is 0 Å². The molecule has 0 saturated heterocycles. The highest BCUT2D eigenvalue weighted by atomic mass is 16.3. The molecule has 0 aliphatic heterocycles. The number of pyridine rings is 1. The van der Waals surface area contributed by atoms with Gasteiger partial charge < -0.3 is 15.4 Å². The Morgan fingerprint density at radius 3 is 2.95 bits per heavy atom. The maximum Gasteiger partial charge on any atom is 0.140 e. The van der Waals surface area contributed by atoms with Crippen LogP contribution in [-0.4, -0.2) is 38.0 Å². The van der Waals surface area contributed by atoms with E-state index >= 15 is 0 Å². The second-order valence-electron chi connectivity index (χ2n) is 4.93. The predicted octanol–water partition coefficient (Wildman–Crippen LogP) is 2.16. The molecule has 3 aromatic rings. The average Bonchev–Trinajstić information content (AvgIpc) is 3.10. The van der Waals surface area contributed by atoms with Gasteiger partial charge in [-0.05, 0) is 31.5 Å². The van der Waals surface area contributed by atoms with Crippen LogP contribution >= 0.6 is 0 Å². The number of H-pyrrole nitrogens is 1. The molecular weight excluding hydrogens is 266 g/mol. The standard InChI is InChI=1S/C15H19N5O/c1-3-20-9-13(10(2)19-20)12-8-14(16-6-7-21)18-15-11(12)4-5-17-15/h4-5,8-9,21H,3,6-7H2,1-2H3,(H2,16,17,18). The third-order valence-electron chi connectivity index (χ3n) is 3.51. The van der Waals surface area contributed by atoms with Crippen LogP contribution in [0.4, 0.5) is 5.82 Å². The lowest BCUT2D eigenvalue weighted by Crippen LogP contribution is -2.07. The Morgan fingerprint density at radius 1 is 1.38 bits per heavy atom. The van der Waals surface area contributed by atoms with Crippen LogP contribution in [0.2, 0.25) is 0 Å². The Kier molecular flexibility index (Phi) is 3.62. The molecule has 3 N–H and O–H groups in total. The summed E-state index contributed by atoms with van der Waals surface area (Å²) in [6.45, 7) is 5.49. The van der Waals surface area contributed by atoms with Crippen LogP contribution in [-0.2, 0) is 6.54 Å². The quantitative estimate of drug-likeness (QED) is 0.671. The molecule has 3 rings (SSSR count). The van der Waals surface area contributed by atoms with Gasteiger partial charge in [-0.3, -0.25) is 4.68 Å². The fourth-order valence-corrected chi connectivity index (χ4v) is 2.48. The van der Waals surface area contributed by atoms with Crippen molar-refractivity contribution in [3.05, 3.63) is 30.2 Å². The summed E-state index contributed by atoms with van der Waals surface area (Å²) >= 11 is 0. The number of anilines is 1. The van der Waals surface area contributed by atoms with Crippen molar-refractivity contribution in [1.29, 1.82) is 0 Å². The summed E-state index contributed by atoms with van der Waals surface area (Å²) in [6.07, 6.45) is 3.95. The van der Waals surface area contributed by atoms with Crippen molar-refractivity contribution in [3.63, 3.8) is 0 Å². The Morgan fingerprint density at radius 2 is 2.24 bits per heavy atom. The minimum atomic E-state index is 0.0760. The van der Waals surface area contributed by atoms with Gasteiger partial charge in [-0.1, -0.05) is 0 Å². The Hall–Kier alpha value is -2.34. The van der Waals surface area contributed by atoms with Crippen molar-refractivity contribution < 1.29 is 5.11 Å². The number of aromatic nitrogens is 4. The zero-order valence-electron chi connectivity index (χ0n) is 12.2. The monoisotopic (exact) mass is 285 g/mol. The van der Waals surface area contributed by atoms with Crippen LogP contribution < -0.4 is 5.32 Å². The van der Waals surface area contributed by atoms with Crippen molar-refractivity contribution >= 4 is 16.9 Å². The fraction of sp³-hybridized carbons (Fsp3) is 0.333. The zero-order valence-corrected chi connectivity index (χ0v) is 12.2. The van der Waals surface area contributed by atoms with Crippen LogP contribution in [0, 0.1) is 6.92 Å². The third-order valence-corrected chi connectivity index (χ3v) is 3.51.